The number of carbonyl (C=O) groups is 2. The van der Waals surface area contributed by atoms with E-state index in [9.17, 15) is 9.59 Å². The molecule has 0 spiro atoms. The summed E-state index contributed by atoms with van der Waals surface area (Å²) in [7, 11) is 0. The van der Waals surface area contributed by atoms with Crippen LogP contribution in [0.4, 0.5) is 5.95 Å². The Balaban J connectivity index is 1.96. The van der Waals surface area contributed by atoms with E-state index in [4.69, 9.17) is 9.84 Å². The van der Waals surface area contributed by atoms with Crippen LogP contribution in [0.1, 0.15) is 44.1 Å². The largest absolute Gasteiger partial charge is 0.477 e. The summed E-state index contributed by atoms with van der Waals surface area (Å²) in [5.74, 6) is -0.986. The molecule has 22 heavy (non-hydrogen) atoms. The highest BCUT2D eigenvalue weighted by Gasteiger charge is 2.30. The molecule has 120 valence electrons. The lowest BCUT2D eigenvalue weighted by atomic mass is 9.97. The topological polar surface area (TPSA) is 92.6 Å². The fourth-order valence-electron chi connectivity index (χ4n) is 2.32. The van der Waals surface area contributed by atoms with Crippen molar-refractivity contribution in [3.05, 3.63) is 18.0 Å². The lowest BCUT2D eigenvalue weighted by Crippen LogP contribution is -2.39. The van der Waals surface area contributed by atoms with Crippen molar-refractivity contribution in [1.82, 2.24) is 9.97 Å². The minimum Gasteiger partial charge on any atom is -0.477 e. The third-order valence-corrected chi connectivity index (χ3v) is 3.38. The second-order valence-electron chi connectivity index (χ2n) is 6.34. The zero-order chi connectivity index (χ0) is 16.3. The minimum atomic E-state index is -1.08. The summed E-state index contributed by atoms with van der Waals surface area (Å²) < 4.78 is 5.40. The normalized spacial score (nSPS) is 16.4. The number of ether oxygens (including phenoxy) is 1. The molecule has 0 amide bonds. The molecule has 7 nitrogen and oxygen atoms in total. The Labute approximate surface area is 129 Å². The van der Waals surface area contributed by atoms with Gasteiger partial charge < -0.3 is 14.7 Å². The van der Waals surface area contributed by atoms with Crippen LogP contribution in [0.25, 0.3) is 0 Å². The van der Waals surface area contributed by atoms with Gasteiger partial charge in [0.1, 0.15) is 5.60 Å². The van der Waals surface area contributed by atoms with Crippen molar-refractivity contribution in [3.8, 4) is 0 Å². The predicted octanol–water partition coefficient (Wildman–Crippen LogP) is 1.73. The fourth-order valence-corrected chi connectivity index (χ4v) is 2.32. The minimum absolute atomic E-state index is 0.0285. The summed E-state index contributed by atoms with van der Waals surface area (Å²) in [5.41, 5.74) is -0.507. The van der Waals surface area contributed by atoms with Crippen LogP contribution in [-0.4, -0.2) is 45.7 Å². The zero-order valence-electron chi connectivity index (χ0n) is 13.1. The van der Waals surface area contributed by atoms with Crippen molar-refractivity contribution in [2.75, 3.05) is 18.0 Å². The maximum absolute atomic E-state index is 12.1. The Morgan fingerprint density at radius 2 is 1.95 bits per heavy atom. The summed E-state index contributed by atoms with van der Waals surface area (Å²) in [5, 5.41) is 8.96. The van der Waals surface area contributed by atoms with Crippen LogP contribution in [0.5, 0.6) is 0 Å². The van der Waals surface area contributed by atoms with Gasteiger partial charge in [-0.15, -0.1) is 0 Å². The third kappa shape index (κ3) is 4.16. The lowest BCUT2D eigenvalue weighted by molar-refractivity contribution is -0.160. The van der Waals surface area contributed by atoms with Crippen LogP contribution in [0.15, 0.2) is 12.3 Å². The molecule has 0 aliphatic carbocycles. The van der Waals surface area contributed by atoms with E-state index in [2.05, 4.69) is 9.97 Å². The number of esters is 1. The van der Waals surface area contributed by atoms with Gasteiger partial charge in [0.25, 0.3) is 0 Å². The molecule has 0 saturated carbocycles. The van der Waals surface area contributed by atoms with E-state index in [0.717, 1.165) is 0 Å². The maximum Gasteiger partial charge on any atom is 0.354 e. The first-order valence-corrected chi connectivity index (χ1v) is 7.30. The van der Waals surface area contributed by atoms with E-state index < -0.39 is 11.6 Å². The number of carboxylic acids is 1. The number of hydrogen-bond acceptors (Lipinski definition) is 6. The molecule has 1 fully saturated rings. The van der Waals surface area contributed by atoms with Crippen LogP contribution in [-0.2, 0) is 9.53 Å². The van der Waals surface area contributed by atoms with Gasteiger partial charge in [-0.1, -0.05) is 0 Å². The molecular formula is C15H21N3O4. The lowest BCUT2D eigenvalue weighted by Gasteiger charge is -2.32. The van der Waals surface area contributed by atoms with Gasteiger partial charge in [-0.25, -0.2) is 14.8 Å². The quantitative estimate of drug-likeness (QED) is 0.850. The molecule has 1 saturated heterocycles. The highest BCUT2D eigenvalue weighted by Crippen LogP contribution is 2.23. The molecule has 1 aliphatic heterocycles. The number of piperidine rings is 1. The van der Waals surface area contributed by atoms with Gasteiger partial charge in [0, 0.05) is 19.3 Å². The number of aromatic nitrogens is 2. The molecule has 0 bridgehead atoms. The van der Waals surface area contributed by atoms with Crippen molar-refractivity contribution < 1.29 is 19.4 Å². The van der Waals surface area contributed by atoms with E-state index in [1.165, 1.54) is 12.3 Å². The highest BCUT2D eigenvalue weighted by atomic mass is 16.6. The molecule has 1 aromatic heterocycles. The van der Waals surface area contributed by atoms with Gasteiger partial charge in [-0.2, -0.15) is 0 Å². The van der Waals surface area contributed by atoms with Crippen molar-refractivity contribution in [2.24, 2.45) is 5.92 Å². The predicted molar refractivity (Wildman–Crippen MR) is 79.8 cm³/mol. The summed E-state index contributed by atoms with van der Waals surface area (Å²) in [6, 6.07) is 1.36. The van der Waals surface area contributed by atoms with Crippen molar-refractivity contribution in [2.45, 2.75) is 39.2 Å². The molecular weight excluding hydrogens is 286 g/mol. The van der Waals surface area contributed by atoms with Gasteiger partial charge >= 0.3 is 11.9 Å². The average Bonchev–Trinajstić information content (AvgIpc) is 2.46. The average molecular weight is 307 g/mol. The number of nitrogens with zero attached hydrogens (tertiary/aromatic N) is 3. The molecule has 0 atom stereocenters. The van der Waals surface area contributed by atoms with Crippen LogP contribution >= 0.6 is 0 Å². The van der Waals surface area contributed by atoms with E-state index in [1.807, 2.05) is 25.7 Å². The Morgan fingerprint density at radius 3 is 2.50 bits per heavy atom. The van der Waals surface area contributed by atoms with E-state index >= 15 is 0 Å². The van der Waals surface area contributed by atoms with Gasteiger partial charge in [0.05, 0.1) is 5.92 Å². The fraction of sp³-hybridized carbons (Fsp3) is 0.600. The summed E-state index contributed by atoms with van der Waals surface area (Å²) in [6.07, 6.45) is 2.73. The Kier molecular flexibility index (Phi) is 4.63. The maximum atomic E-state index is 12.1. The Hall–Kier alpha value is -2.18. The molecule has 1 aromatic rings. The van der Waals surface area contributed by atoms with Crippen molar-refractivity contribution in [1.29, 1.82) is 0 Å². The second kappa shape index (κ2) is 6.29. The Bertz CT molecular complexity index is 560. The molecule has 0 unspecified atom stereocenters. The number of anilines is 1. The standard InChI is InChI=1S/C15H21N3O4/c1-15(2,3)22-13(21)10-5-8-18(9-6-10)14-16-7-4-11(17-14)12(19)20/h4,7,10H,5-6,8-9H2,1-3H3,(H,19,20). The SMILES string of the molecule is CC(C)(C)OC(=O)C1CCN(c2nccc(C(=O)O)n2)CC1. The van der Waals surface area contributed by atoms with Crippen LogP contribution in [0.3, 0.4) is 0 Å². The van der Waals surface area contributed by atoms with Gasteiger partial charge in [-0.05, 0) is 39.7 Å². The first kappa shape index (κ1) is 16.2. The first-order chi connectivity index (χ1) is 10.3. The van der Waals surface area contributed by atoms with Gasteiger partial charge in [-0.3, -0.25) is 4.79 Å². The van der Waals surface area contributed by atoms with Crippen molar-refractivity contribution in [3.63, 3.8) is 0 Å². The van der Waals surface area contributed by atoms with E-state index in [-0.39, 0.29) is 17.6 Å². The van der Waals surface area contributed by atoms with Gasteiger partial charge in [0.2, 0.25) is 5.95 Å². The zero-order valence-corrected chi connectivity index (χ0v) is 13.1. The summed E-state index contributed by atoms with van der Waals surface area (Å²) >= 11 is 0. The number of carbonyl (C=O) groups excluding carboxylic acids is 1. The number of carboxylic acid groups (broad SMARTS) is 1. The highest BCUT2D eigenvalue weighted by molar-refractivity contribution is 5.85. The molecule has 1 N–H and O–H groups in total. The second-order valence-corrected chi connectivity index (χ2v) is 6.34. The van der Waals surface area contributed by atoms with Crippen LogP contribution < -0.4 is 4.90 Å². The molecule has 2 heterocycles. The van der Waals surface area contributed by atoms with Crippen LogP contribution in [0.2, 0.25) is 0 Å². The summed E-state index contributed by atoms with van der Waals surface area (Å²) in [4.78, 5) is 33.0. The molecule has 2 rings (SSSR count). The monoisotopic (exact) mass is 307 g/mol. The smallest absolute Gasteiger partial charge is 0.354 e. The number of aromatic carboxylic acids is 1. The molecule has 0 aromatic carbocycles. The Morgan fingerprint density at radius 1 is 1.32 bits per heavy atom. The number of hydrogen-bond donors (Lipinski definition) is 1. The molecule has 7 heteroatoms. The molecule has 0 radical (unpaired) electrons. The number of rotatable bonds is 3. The van der Waals surface area contributed by atoms with Gasteiger partial charge in [0.15, 0.2) is 5.69 Å². The van der Waals surface area contributed by atoms with E-state index in [1.54, 1.807) is 0 Å². The van der Waals surface area contributed by atoms with Crippen LogP contribution in [0, 0.1) is 5.92 Å². The third-order valence-electron chi connectivity index (χ3n) is 3.38. The first-order valence-electron chi connectivity index (χ1n) is 7.30. The summed E-state index contributed by atoms with van der Waals surface area (Å²) in [6.45, 7) is 6.77. The van der Waals surface area contributed by atoms with Crippen molar-refractivity contribution >= 4 is 17.9 Å². The molecule has 1 aliphatic rings. The van der Waals surface area contributed by atoms with E-state index in [0.29, 0.717) is 31.9 Å².